The summed E-state index contributed by atoms with van der Waals surface area (Å²) in [5.74, 6) is -1.85. The molecule has 1 atom stereocenters. The van der Waals surface area contributed by atoms with E-state index in [4.69, 9.17) is 0 Å². The number of aromatic amines is 1. The number of aromatic nitrogens is 2. The maximum absolute atomic E-state index is 12.7. The lowest BCUT2D eigenvalue weighted by Gasteiger charge is -2.23. The topological polar surface area (TPSA) is 104 Å². The minimum Gasteiger partial charge on any atom is -0.326 e. The Morgan fingerprint density at radius 2 is 2.00 bits per heavy atom. The van der Waals surface area contributed by atoms with E-state index in [0.29, 0.717) is 5.75 Å². The van der Waals surface area contributed by atoms with E-state index >= 15 is 0 Å². The summed E-state index contributed by atoms with van der Waals surface area (Å²) in [7, 11) is 0. The standard InChI is InChI=1S/C18H15F3N4O3S/c1-2-7-29-17-24-14-13(16(28)25-17)11(8-12(26)23-14)15(27)22-10-5-3-9(4-6-10)18(19,20)21/h2-6,11H,1,7-8H2,(H,22,27)(H2,23,24,25,26,28)/t11-/m0/s1. The summed E-state index contributed by atoms with van der Waals surface area (Å²) >= 11 is 1.20. The Morgan fingerprint density at radius 1 is 1.31 bits per heavy atom. The SMILES string of the molecule is C=CCSc1nc2c(c(=O)[nH]1)[C@@H](C(=O)Nc1ccc(C(F)(F)F)cc1)CC(=O)N2. The molecule has 0 fully saturated rings. The second kappa shape index (κ2) is 8.11. The average Bonchev–Trinajstić information content (AvgIpc) is 2.65. The third kappa shape index (κ3) is 4.67. The lowest BCUT2D eigenvalue weighted by Crippen LogP contribution is -2.36. The van der Waals surface area contributed by atoms with Crippen molar-refractivity contribution in [2.45, 2.75) is 23.7 Å². The molecule has 0 saturated heterocycles. The Hall–Kier alpha value is -3.08. The summed E-state index contributed by atoms with van der Waals surface area (Å²) in [6.45, 7) is 3.57. The van der Waals surface area contributed by atoms with Crippen LogP contribution in [-0.2, 0) is 15.8 Å². The number of hydrogen-bond donors (Lipinski definition) is 3. The summed E-state index contributed by atoms with van der Waals surface area (Å²) in [4.78, 5) is 43.8. The number of nitrogens with one attached hydrogen (secondary N) is 3. The lowest BCUT2D eigenvalue weighted by atomic mass is 9.92. The summed E-state index contributed by atoms with van der Waals surface area (Å²) in [5, 5.41) is 5.18. The second-order valence-electron chi connectivity index (χ2n) is 6.10. The summed E-state index contributed by atoms with van der Waals surface area (Å²) in [5.41, 5.74) is -1.33. The maximum Gasteiger partial charge on any atom is 0.416 e. The second-order valence-corrected chi connectivity index (χ2v) is 7.11. The number of halogens is 3. The molecule has 1 aromatic heterocycles. The van der Waals surface area contributed by atoms with Gasteiger partial charge in [0.1, 0.15) is 5.82 Å². The van der Waals surface area contributed by atoms with Crippen molar-refractivity contribution < 1.29 is 22.8 Å². The predicted octanol–water partition coefficient (Wildman–Crippen LogP) is 3.13. The third-order valence-corrected chi connectivity index (χ3v) is 4.93. The molecule has 2 aromatic rings. The molecule has 0 aliphatic carbocycles. The Kier molecular flexibility index (Phi) is 5.78. The fourth-order valence-corrected chi connectivity index (χ4v) is 3.35. The molecule has 3 rings (SSSR count). The number of amides is 2. The van der Waals surface area contributed by atoms with Gasteiger partial charge in [0, 0.05) is 17.9 Å². The zero-order valence-electron chi connectivity index (χ0n) is 14.8. The lowest BCUT2D eigenvalue weighted by molar-refractivity contribution is -0.137. The van der Waals surface area contributed by atoms with Gasteiger partial charge in [-0.3, -0.25) is 14.4 Å². The number of carbonyl (C=O) groups is 2. The number of H-pyrrole nitrogens is 1. The van der Waals surface area contributed by atoms with E-state index < -0.39 is 35.0 Å². The molecular weight excluding hydrogens is 409 g/mol. The molecule has 0 radical (unpaired) electrons. The number of alkyl halides is 3. The monoisotopic (exact) mass is 424 g/mol. The zero-order valence-corrected chi connectivity index (χ0v) is 15.6. The van der Waals surface area contributed by atoms with Crippen molar-refractivity contribution in [3.63, 3.8) is 0 Å². The number of anilines is 2. The molecule has 0 spiro atoms. The minimum absolute atomic E-state index is 0.00281. The molecular formula is C18H15F3N4O3S. The number of fused-ring (bicyclic) bond motifs is 1. The van der Waals surface area contributed by atoms with Crippen LogP contribution in [0.25, 0.3) is 0 Å². The highest BCUT2D eigenvalue weighted by Gasteiger charge is 2.35. The van der Waals surface area contributed by atoms with E-state index in [0.717, 1.165) is 24.3 Å². The molecule has 152 valence electrons. The van der Waals surface area contributed by atoms with Crippen LogP contribution in [0.2, 0.25) is 0 Å². The van der Waals surface area contributed by atoms with Crippen molar-refractivity contribution in [2.75, 3.05) is 16.4 Å². The van der Waals surface area contributed by atoms with Gasteiger partial charge in [0.15, 0.2) is 5.16 Å². The largest absolute Gasteiger partial charge is 0.416 e. The van der Waals surface area contributed by atoms with Crippen LogP contribution in [0.3, 0.4) is 0 Å². The van der Waals surface area contributed by atoms with Gasteiger partial charge in [-0.15, -0.1) is 6.58 Å². The van der Waals surface area contributed by atoms with E-state index in [1.54, 1.807) is 6.08 Å². The van der Waals surface area contributed by atoms with Crippen molar-refractivity contribution in [2.24, 2.45) is 0 Å². The van der Waals surface area contributed by atoms with Crippen LogP contribution in [-0.4, -0.2) is 27.5 Å². The third-order valence-electron chi connectivity index (χ3n) is 4.06. The van der Waals surface area contributed by atoms with Gasteiger partial charge in [-0.2, -0.15) is 13.2 Å². The van der Waals surface area contributed by atoms with Gasteiger partial charge < -0.3 is 15.6 Å². The fourth-order valence-electron chi connectivity index (χ4n) is 2.75. The summed E-state index contributed by atoms with van der Waals surface area (Å²) < 4.78 is 38.0. The Labute approximate surface area is 166 Å². The number of nitrogens with zero attached hydrogens (tertiary/aromatic N) is 1. The first-order chi connectivity index (χ1) is 13.7. The fraction of sp³-hybridized carbons (Fsp3) is 0.222. The quantitative estimate of drug-likeness (QED) is 0.389. The molecule has 2 amide bonds. The number of thioether (sulfide) groups is 1. The molecule has 1 aliphatic heterocycles. The van der Waals surface area contributed by atoms with E-state index in [1.807, 2.05) is 0 Å². The van der Waals surface area contributed by atoms with Gasteiger partial charge in [0.2, 0.25) is 11.8 Å². The molecule has 0 unspecified atom stereocenters. The van der Waals surface area contributed by atoms with Crippen LogP contribution in [0.15, 0.2) is 46.9 Å². The van der Waals surface area contributed by atoms with Crippen molar-refractivity contribution in [1.29, 1.82) is 0 Å². The van der Waals surface area contributed by atoms with E-state index in [9.17, 15) is 27.6 Å². The molecule has 1 aromatic carbocycles. The minimum atomic E-state index is -4.50. The van der Waals surface area contributed by atoms with Crippen LogP contribution < -0.4 is 16.2 Å². The molecule has 0 bridgehead atoms. The highest BCUT2D eigenvalue weighted by molar-refractivity contribution is 7.99. The van der Waals surface area contributed by atoms with E-state index in [2.05, 4.69) is 27.2 Å². The smallest absolute Gasteiger partial charge is 0.326 e. The van der Waals surface area contributed by atoms with Gasteiger partial charge in [-0.25, -0.2) is 4.98 Å². The number of benzene rings is 1. The zero-order chi connectivity index (χ0) is 21.2. The Morgan fingerprint density at radius 3 is 2.62 bits per heavy atom. The average molecular weight is 424 g/mol. The molecule has 3 N–H and O–H groups in total. The summed E-state index contributed by atoms with van der Waals surface area (Å²) in [6.07, 6.45) is -3.17. The first-order valence-corrected chi connectivity index (χ1v) is 9.33. The predicted molar refractivity (Wildman–Crippen MR) is 102 cm³/mol. The Bertz CT molecular complexity index is 1020. The molecule has 7 nitrogen and oxygen atoms in total. The molecule has 11 heteroatoms. The van der Waals surface area contributed by atoms with Crippen LogP contribution in [0.1, 0.15) is 23.5 Å². The first-order valence-electron chi connectivity index (χ1n) is 8.35. The number of carbonyl (C=O) groups excluding carboxylic acids is 2. The van der Waals surface area contributed by atoms with Gasteiger partial charge in [-0.05, 0) is 24.3 Å². The molecule has 0 saturated carbocycles. The van der Waals surface area contributed by atoms with Gasteiger partial charge in [0.05, 0.1) is 17.0 Å². The van der Waals surface area contributed by atoms with Crippen LogP contribution in [0, 0.1) is 0 Å². The van der Waals surface area contributed by atoms with Gasteiger partial charge in [0.25, 0.3) is 5.56 Å². The Balaban J connectivity index is 1.86. The molecule has 29 heavy (non-hydrogen) atoms. The van der Waals surface area contributed by atoms with E-state index in [1.165, 1.54) is 11.8 Å². The van der Waals surface area contributed by atoms with E-state index in [-0.39, 0.29) is 28.6 Å². The van der Waals surface area contributed by atoms with Crippen molar-refractivity contribution in [3.8, 4) is 0 Å². The van der Waals surface area contributed by atoms with Gasteiger partial charge in [-0.1, -0.05) is 17.8 Å². The molecule has 1 aliphatic rings. The normalized spacial score (nSPS) is 16.0. The molecule has 2 heterocycles. The van der Waals surface area contributed by atoms with Crippen molar-refractivity contribution in [1.82, 2.24) is 9.97 Å². The van der Waals surface area contributed by atoms with Gasteiger partial charge >= 0.3 is 6.18 Å². The summed E-state index contributed by atoms with van der Waals surface area (Å²) in [6, 6.07) is 3.85. The van der Waals surface area contributed by atoms with Crippen LogP contribution in [0.5, 0.6) is 0 Å². The van der Waals surface area contributed by atoms with Crippen molar-refractivity contribution in [3.05, 3.63) is 58.4 Å². The maximum atomic E-state index is 12.7. The highest BCUT2D eigenvalue weighted by Crippen LogP contribution is 2.32. The van der Waals surface area contributed by atoms with Crippen LogP contribution in [0.4, 0.5) is 24.7 Å². The number of hydrogen-bond acceptors (Lipinski definition) is 5. The highest BCUT2D eigenvalue weighted by atomic mass is 32.2. The number of rotatable bonds is 5. The van der Waals surface area contributed by atoms with Crippen LogP contribution >= 0.6 is 11.8 Å². The van der Waals surface area contributed by atoms with Crippen molar-refractivity contribution >= 4 is 35.1 Å². The first kappa shape index (κ1) is 20.6.